The van der Waals surface area contributed by atoms with Gasteiger partial charge in [0.2, 0.25) is 5.91 Å². The highest BCUT2D eigenvalue weighted by molar-refractivity contribution is 8.93. The van der Waals surface area contributed by atoms with E-state index in [9.17, 15) is 18.0 Å². The van der Waals surface area contributed by atoms with E-state index in [1.807, 2.05) is 0 Å². The van der Waals surface area contributed by atoms with Crippen LogP contribution in [0.4, 0.5) is 13.2 Å². The molecule has 0 aromatic rings. The fourth-order valence-corrected chi connectivity index (χ4v) is 0.301. The van der Waals surface area contributed by atoms with Crippen molar-refractivity contribution >= 4 is 22.9 Å². The van der Waals surface area contributed by atoms with Gasteiger partial charge < -0.3 is 11.1 Å². The molecule has 0 fully saturated rings. The standard InChI is InChI=1S/C4H7F3N2O.BrH/c1-2(10)9-3(8)4(5,6)7;/h3H,8H2,1H3,(H,9,10);1H. The highest BCUT2D eigenvalue weighted by Crippen LogP contribution is 2.16. The third kappa shape index (κ3) is 6.11. The van der Waals surface area contributed by atoms with Crippen LogP contribution < -0.4 is 11.1 Å². The second kappa shape index (κ2) is 4.55. The SMILES string of the molecule is Br.CC(=O)NC(N)C(F)(F)F. The van der Waals surface area contributed by atoms with E-state index < -0.39 is 18.2 Å². The van der Waals surface area contributed by atoms with Crippen molar-refractivity contribution in [2.45, 2.75) is 19.3 Å². The van der Waals surface area contributed by atoms with E-state index in [-0.39, 0.29) is 17.0 Å². The van der Waals surface area contributed by atoms with E-state index in [2.05, 4.69) is 5.73 Å². The monoisotopic (exact) mass is 236 g/mol. The van der Waals surface area contributed by atoms with Gasteiger partial charge in [0.05, 0.1) is 0 Å². The third-order valence-corrected chi connectivity index (χ3v) is 0.711. The van der Waals surface area contributed by atoms with Gasteiger partial charge in [-0.2, -0.15) is 13.2 Å². The number of hydrogen-bond acceptors (Lipinski definition) is 2. The van der Waals surface area contributed by atoms with Crippen LogP contribution in [0, 0.1) is 0 Å². The van der Waals surface area contributed by atoms with Crippen LogP contribution in [0.5, 0.6) is 0 Å². The molecule has 0 aromatic heterocycles. The maximum absolute atomic E-state index is 11.5. The van der Waals surface area contributed by atoms with Gasteiger partial charge in [0.15, 0.2) is 6.17 Å². The van der Waals surface area contributed by atoms with Crippen molar-refractivity contribution in [1.29, 1.82) is 0 Å². The minimum absolute atomic E-state index is 0. The Kier molecular flexibility index (Phi) is 5.50. The van der Waals surface area contributed by atoms with E-state index in [0.29, 0.717) is 0 Å². The molecule has 0 saturated carbocycles. The predicted molar refractivity (Wildman–Crippen MR) is 38.2 cm³/mol. The zero-order chi connectivity index (χ0) is 8.36. The smallest absolute Gasteiger partial charge is 0.333 e. The number of rotatable bonds is 1. The predicted octanol–water partition coefficient (Wildman–Crippen LogP) is 0.547. The number of alkyl halides is 3. The van der Waals surface area contributed by atoms with Gasteiger partial charge in [-0.05, 0) is 0 Å². The average molecular weight is 237 g/mol. The van der Waals surface area contributed by atoms with Crippen LogP contribution in [0.15, 0.2) is 0 Å². The molecule has 0 heterocycles. The minimum Gasteiger partial charge on any atom is -0.333 e. The van der Waals surface area contributed by atoms with Gasteiger partial charge in [0, 0.05) is 6.92 Å². The van der Waals surface area contributed by atoms with Crippen LogP contribution in [0.2, 0.25) is 0 Å². The Bertz CT molecular complexity index is 138. The second-order valence-electron chi connectivity index (χ2n) is 1.72. The molecular formula is C4H8BrF3N2O. The molecule has 7 heteroatoms. The van der Waals surface area contributed by atoms with Crippen molar-refractivity contribution in [3.8, 4) is 0 Å². The molecule has 0 aliphatic rings. The normalized spacial score (nSPS) is 13.2. The first-order chi connectivity index (χ1) is 4.34. The Morgan fingerprint density at radius 2 is 1.91 bits per heavy atom. The third-order valence-electron chi connectivity index (χ3n) is 0.711. The maximum Gasteiger partial charge on any atom is 0.421 e. The van der Waals surface area contributed by atoms with Gasteiger partial charge in [0.25, 0.3) is 0 Å². The van der Waals surface area contributed by atoms with Gasteiger partial charge in [0.1, 0.15) is 0 Å². The van der Waals surface area contributed by atoms with Crippen molar-refractivity contribution in [3.63, 3.8) is 0 Å². The largest absolute Gasteiger partial charge is 0.421 e. The maximum atomic E-state index is 11.5. The first kappa shape index (κ1) is 13.3. The molecule has 0 aliphatic heterocycles. The van der Waals surface area contributed by atoms with Gasteiger partial charge in [-0.15, -0.1) is 17.0 Å². The Labute approximate surface area is 71.9 Å². The zero-order valence-electron chi connectivity index (χ0n) is 5.61. The van der Waals surface area contributed by atoms with E-state index in [0.717, 1.165) is 6.92 Å². The molecule has 3 N–H and O–H groups in total. The second-order valence-corrected chi connectivity index (χ2v) is 1.72. The Morgan fingerprint density at radius 3 is 2.00 bits per heavy atom. The fraction of sp³-hybridized carbons (Fsp3) is 0.750. The van der Waals surface area contributed by atoms with E-state index in [1.54, 1.807) is 0 Å². The molecule has 1 atom stereocenters. The molecule has 1 amide bonds. The molecule has 68 valence electrons. The lowest BCUT2D eigenvalue weighted by molar-refractivity contribution is -0.159. The summed E-state index contributed by atoms with van der Waals surface area (Å²) in [7, 11) is 0. The summed E-state index contributed by atoms with van der Waals surface area (Å²) in [6, 6.07) is 0. The summed E-state index contributed by atoms with van der Waals surface area (Å²) in [6.07, 6.45) is -6.82. The topological polar surface area (TPSA) is 55.1 Å². The molecule has 0 rings (SSSR count). The van der Waals surface area contributed by atoms with E-state index in [1.165, 1.54) is 5.32 Å². The number of nitrogens with two attached hydrogens (primary N) is 1. The number of carbonyl (C=O) groups is 1. The summed E-state index contributed by atoms with van der Waals surface area (Å²) in [4.78, 5) is 10.0. The average Bonchev–Trinajstić information content (AvgIpc) is 1.60. The number of halogens is 4. The summed E-state index contributed by atoms with van der Waals surface area (Å²) >= 11 is 0. The van der Waals surface area contributed by atoms with Gasteiger partial charge in [-0.3, -0.25) is 4.79 Å². The van der Waals surface area contributed by atoms with Crippen LogP contribution in [0.3, 0.4) is 0 Å². The Morgan fingerprint density at radius 1 is 1.55 bits per heavy atom. The first-order valence-corrected chi connectivity index (χ1v) is 2.43. The summed E-state index contributed by atoms with van der Waals surface area (Å²) in [6.45, 7) is 0.964. The Balaban J connectivity index is 0. The fourth-order valence-electron chi connectivity index (χ4n) is 0.301. The van der Waals surface area contributed by atoms with Crippen molar-refractivity contribution < 1.29 is 18.0 Å². The summed E-state index contributed by atoms with van der Waals surface area (Å²) in [5.74, 6) is -0.801. The molecule has 0 saturated heterocycles. The number of nitrogens with one attached hydrogen (secondary N) is 1. The minimum atomic E-state index is -4.56. The molecule has 0 aliphatic carbocycles. The Hall–Kier alpha value is -0.300. The molecule has 3 nitrogen and oxygen atoms in total. The molecule has 11 heavy (non-hydrogen) atoms. The molecule has 0 radical (unpaired) electrons. The molecule has 0 spiro atoms. The van der Waals surface area contributed by atoms with Crippen LogP contribution in [0.25, 0.3) is 0 Å². The molecule has 1 unspecified atom stereocenters. The van der Waals surface area contributed by atoms with Crippen LogP contribution >= 0.6 is 17.0 Å². The number of amides is 1. The van der Waals surface area contributed by atoms with Crippen LogP contribution in [-0.4, -0.2) is 18.2 Å². The van der Waals surface area contributed by atoms with Crippen molar-refractivity contribution in [2.75, 3.05) is 0 Å². The van der Waals surface area contributed by atoms with Crippen molar-refractivity contribution in [3.05, 3.63) is 0 Å². The van der Waals surface area contributed by atoms with Crippen molar-refractivity contribution in [2.24, 2.45) is 5.73 Å². The summed E-state index contributed by atoms with van der Waals surface area (Å²) in [5, 5.41) is 1.50. The van der Waals surface area contributed by atoms with Crippen LogP contribution in [0.1, 0.15) is 6.92 Å². The van der Waals surface area contributed by atoms with Gasteiger partial charge >= 0.3 is 6.18 Å². The molecular weight excluding hydrogens is 229 g/mol. The van der Waals surface area contributed by atoms with E-state index in [4.69, 9.17) is 0 Å². The highest BCUT2D eigenvalue weighted by Gasteiger charge is 2.37. The van der Waals surface area contributed by atoms with Gasteiger partial charge in [-0.1, -0.05) is 0 Å². The van der Waals surface area contributed by atoms with Crippen LogP contribution in [-0.2, 0) is 4.79 Å². The lowest BCUT2D eigenvalue weighted by Gasteiger charge is -2.15. The zero-order valence-corrected chi connectivity index (χ0v) is 7.32. The summed E-state index contributed by atoms with van der Waals surface area (Å²) < 4.78 is 34.4. The summed E-state index contributed by atoms with van der Waals surface area (Å²) in [5.41, 5.74) is 4.49. The quantitative estimate of drug-likeness (QED) is 0.654. The molecule has 0 aromatic carbocycles. The lowest BCUT2D eigenvalue weighted by Crippen LogP contribution is -2.50. The molecule has 0 bridgehead atoms. The van der Waals surface area contributed by atoms with Gasteiger partial charge in [-0.25, -0.2) is 0 Å². The van der Waals surface area contributed by atoms with Crippen molar-refractivity contribution in [1.82, 2.24) is 5.32 Å². The first-order valence-electron chi connectivity index (χ1n) is 2.43. The highest BCUT2D eigenvalue weighted by atomic mass is 79.9. The van der Waals surface area contributed by atoms with E-state index >= 15 is 0 Å². The lowest BCUT2D eigenvalue weighted by atomic mass is 10.5. The number of hydrogen-bond donors (Lipinski definition) is 2. The number of carbonyl (C=O) groups excluding carboxylic acids is 1.